The maximum atomic E-state index is 5.45. The molecule has 1 aromatic carbocycles. The first-order valence-electron chi connectivity index (χ1n) is 5.57. The third-order valence-electron chi connectivity index (χ3n) is 2.80. The number of fused-ring (bicyclic) bond motifs is 1. The molecule has 0 fully saturated rings. The molecule has 0 saturated heterocycles. The summed E-state index contributed by atoms with van der Waals surface area (Å²) in [6.07, 6.45) is 0.763. The zero-order chi connectivity index (χ0) is 12.4. The van der Waals surface area contributed by atoms with Gasteiger partial charge in [0.25, 0.3) is 0 Å². The van der Waals surface area contributed by atoms with Crippen LogP contribution in [0.5, 0.6) is 11.5 Å². The second-order valence-corrected chi connectivity index (χ2v) is 5.07. The van der Waals surface area contributed by atoms with Gasteiger partial charge in [-0.05, 0) is 45.5 Å². The number of hydrogen-bond donors (Lipinski definition) is 1. The first-order valence-corrected chi connectivity index (χ1v) is 6.37. The van der Waals surface area contributed by atoms with Crippen molar-refractivity contribution in [2.45, 2.75) is 26.2 Å². The molecule has 0 aromatic heterocycles. The maximum absolute atomic E-state index is 5.45. The van der Waals surface area contributed by atoms with Gasteiger partial charge >= 0.3 is 0 Å². The molecule has 2 rings (SSSR count). The second-order valence-electron chi connectivity index (χ2n) is 4.27. The quantitative estimate of drug-likeness (QED) is 0.869. The summed E-state index contributed by atoms with van der Waals surface area (Å²) in [6.45, 7) is 5.07. The third kappa shape index (κ3) is 2.41. The second kappa shape index (κ2) is 5.25. The Morgan fingerprint density at radius 3 is 2.88 bits per heavy atom. The smallest absolute Gasteiger partial charge is 0.231 e. The summed E-state index contributed by atoms with van der Waals surface area (Å²) in [4.78, 5) is 4.65. The molecular formula is C12H16BrNO3. The van der Waals surface area contributed by atoms with Crippen molar-refractivity contribution < 1.29 is 14.3 Å². The lowest BCUT2D eigenvalue weighted by Gasteiger charge is -2.16. The minimum absolute atomic E-state index is 0.280. The molecule has 1 aliphatic heterocycles. The van der Waals surface area contributed by atoms with Crippen LogP contribution >= 0.6 is 15.9 Å². The topological polar surface area (TPSA) is 53.7 Å². The van der Waals surface area contributed by atoms with Gasteiger partial charge in [-0.3, -0.25) is 0 Å². The van der Waals surface area contributed by atoms with Crippen LogP contribution in [0.1, 0.15) is 30.9 Å². The summed E-state index contributed by atoms with van der Waals surface area (Å²) in [5.41, 5.74) is 2.41. The average molecular weight is 302 g/mol. The Hall–Kier alpha value is -0.780. The monoisotopic (exact) mass is 301 g/mol. The molecule has 17 heavy (non-hydrogen) atoms. The third-order valence-corrected chi connectivity index (χ3v) is 3.58. The highest BCUT2D eigenvalue weighted by molar-refractivity contribution is 9.10. The van der Waals surface area contributed by atoms with Crippen LogP contribution in [-0.2, 0) is 11.3 Å². The minimum Gasteiger partial charge on any atom is -0.454 e. The highest BCUT2D eigenvalue weighted by Gasteiger charge is 2.23. The van der Waals surface area contributed by atoms with Crippen LogP contribution in [0.2, 0.25) is 0 Å². The van der Waals surface area contributed by atoms with E-state index in [0.29, 0.717) is 12.5 Å². The van der Waals surface area contributed by atoms with E-state index in [2.05, 4.69) is 34.6 Å². The summed E-state index contributed by atoms with van der Waals surface area (Å²) >= 11 is 3.60. The first-order chi connectivity index (χ1) is 8.15. The molecule has 0 aliphatic carbocycles. The lowest BCUT2D eigenvalue weighted by atomic mass is 9.95. The first kappa shape index (κ1) is 12.7. The maximum Gasteiger partial charge on any atom is 0.231 e. The van der Waals surface area contributed by atoms with Gasteiger partial charge in [-0.25, -0.2) is 5.90 Å². The van der Waals surface area contributed by atoms with Gasteiger partial charge < -0.3 is 14.3 Å². The summed E-state index contributed by atoms with van der Waals surface area (Å²) < 4.78 is 11.8. The van der Waals surface area contributed by atoms with E-state index in [0.717, 1.165) is 22.4 Å². The van der Waals surface area contributed by atoms with Gasteiger partial charge in [-0.15, -0.1) is 0 Å². The fourth-order valence-corrected chi connectivity index (χ4v) is 3.09. The molecule has 1 heterocycles. The number of hydrogen-bond acceptors (Lipinski definition) is 4. The average Bonchev–Trinajstić information content (AvgIpc) is 2.74. The highest BCUT2D eigenvalue weighted by atomic mass is 79.9. The largest absolute Gasteiger partial charge is 0.454 e. The summed E-state index contributed by atoms with van der Waals surface area (Å²) in [5, 5.41) is 0. The zero-order valence-corrected chi connectivity index (χ0v) is 11.5. The molecule has 0 amide bonds. The van der Waals surface area contributed by atoms with Gasteiger partial charge in [0.15, 0.2) is 11.5 Å². The van der Waals surface area contributed by atoms with Crippen molar-refractivity contribution in [3.8, 4) is 11.5 Å². The predicted molar refractivity (Wildman–Crippen MR) is 68.2 cm³/mol. The Morgan fingerprint density at radius 1 is 1.47 bits per heavy atom. The number of benzene rings is 1. The van der Waals surface area contributed by atoms with Crippen molar-refractivity contribution in [3.63, 3.8) is 0 Å². The van der Waals surface area contributed by atoms with Crippen LogP contribution in [0.15, 0.2) is 10.5 Å². The fraction of sp³-hybridized carbons (Fsp3) is 0.500. The number of nitrogens with two attached hydrogens (primary N) is 1. The Bertz CT molecular complexity index is 421. The van der Waals surface area contributed by atoms with Crippen molar-refractivity contribution >= 4 is 15.9 Å². The summed E-state index contributed by atoms with van der Waals surface area (Å²) in [5.74, 6) is 7.06. The van der Waals surface area contributed by atoms with E-state index >= 15 is 0 Å². The van der Waals surface area contributed by atoms with Crippen LogP contribution in [0.4, 0.5) is 0 Å². The van der Waals surface area contributed by atoms with Crippen molar-refractivity contribution in [1.82, 2.24) is 0 Å². The van der Waals surface area contributed by atoms with E-state index in [1.807, 2.05) is 6.07 Å². The molecule has 0 bridgehead atoms. The molecule has 0 saturated carbocycles. The molecule has 4 nitrogen and oxygen atoms in total. The van der Waals surface area contributed by atoms with E-state index in [-0.39, 0.29) is 6.79 Å². The van der Waals surface area contributed by atoms with Crippen molar-refractivity contribution in [1.29, 1.82) is 0 Å². The van der Waals surface area contributed by atoms with Crippen molar-refractivity contribution in [2.75, 3.05) is 13.4 Å². The Kier molecular flexibility index (Phi) is 3.91. The Morgan fingerprint density at radius 2 is 2.24 bits per heavy atom. The van der Waals surface area contributed by atoms with Crippen LogP contribution in [-0.4, -0.2) is 13.4 Å². The lowest BCUT2D eigenvalue weighted by molar-refractivity contribution is 0.141. The molecular weight excluding hydrogens is 286 g/mol. The molecule has 0 radical (unpaired) electrons. The van der Waals surface area contributed by atoms with E-state index < -0.39 is 0 Å². The SMILES string of the molecule is CC(C)c1c(CCON)cc2c(c1Br)OCO2. The number of ether oxygens (including phenoxy) is 2. The fourth-order valence-electron chi connectivity index (χ4n) is 2.07. The predicted octanol–water partition coefficient (Wildman–Crippen LogP) is 2.73. The van der Waals surface area contributed by atoms with Gasteiger partial charge in [-0.2, -0.15) is 0 Å². The van der Waals surface area contributed by atoms with Crippen molar-refractivity contribution in [3.05, 3.63) is 21.7 Å². The molecule has 5 heteroatoms. The molecule has 0 spiro atoms. The number of rotatable bonds is 4. The number of halogens is 1. The van der Waals surface area contributed by atoms with Gasteiger partial charge in [0.05, 0.1) is 11.1 Å². The van der Waals surface area contributed by atoms with Crippen LogP contribution in [0, 0.1) is 0 Å². The summed E-state index contributed by atoms with van der Waals surface area (Å²) in [7, 11) is 0. The van der Waals surface area contributed by atoms with E-state index in [1.165, 1.54) is 11.1 Å². The van der Waals surface area contributed by atoms with Crippen LogP contribution < -0.4 is 15.4 Å². The van der Waals surface area contributed by atoms with Gasteiger partial charge in [0.2, 0.25) is 6.79 Å². The Labute approximate surface area is 109 Å². The molecule has 1 aliphatic rings. The zero-order valence-electron chi connectivity index (χ0n) is 9.96. The highest BCUT2D eigenvalue weighted by Crippen LogP contribution is 2.45. The van der Waals surface area contributed by atoms with E-state index in [4.69, 9.17) is 15.4 Å². The molecule has 2 N–H and O–H groups in total. The Balaban J connectivity index is 2.45. The van der Waals surface area contributed by atoms with Gasteiger partial charge in [-0.1, -0.05) is 13.8 Å². The standard InChI is InChI=1S/C12H16BrNO3/c1-7(2)10-8(3-4-17-14)5-9-12(11(10)13)16-6-15-9/h5,7H,3-4,6,14H2,1-2H3. The molecule has 0 unspecified atom stereocenters. The van der Waals surface area contributed by atoms with Gasteiger partial charge in [0, 0.05) is 0 Å². The van der Waals surface area contributed by atoms with Crippen LogP contribution in [0.25, 0.3) is 0 Å². The van der Waals surface area contributed by atoms with E-state index in [9.17, 15) is 0 Å². The van der Waals surface area contributed by atoms with Crippen molar-refractivity contribution in [2.24, 2.45) is 5.90 Å². The normalized spacial score (nSPS) is 13.5. The minimum atomic E-state index is 0.280. The summed E-state index contributed by atoms with van der Waals surface area (Å²) in [6, 6.07) is 2.02. The molecule has 94 valence electrons. The molecule has 0 atom stereocenters. The van der Waals surface area contributed by atoms with Crippen LogP contribution in [0.3, 0.4) is 0 Å². The lowest BCUT2D eigenvalue weighted by Crippen LogP contribution is -2.07. The van der Waals surface area contributed by atoms with E-state index in [1.54, 1.807) is 0 Å². The van der Waals surface area contributed by atoms with Gasteiger partial charge in [0.1, 0.15) is 0 Å². The molecule has 1 aromatic rings.